The van der Waals surface area contributed by atoms with E-state index in [0.717, 1.165) is 6.08 Å². The van der Waals surface area contributed by atoms with E-state index in [2.05, 4.69) is 0 Å². The number of phenolic OH excluding ortho intramolecular Hbond substituents is 4. The summed E-state index contributed by atoms with van der Waals surface area (Å²) in [6.07, 6.45) is 1.09. The van der Waals surface area contributed by atoms with Crippen LogP contribution in [0, 0.1) is 0 Å². The molecule has 0 aromatic heterocycles. The van der Waals surface area contributed by atoms with Gasteiger partial charge in [-0.05, 0) is 48.4 Å². The van der Waals surface area contributed by atoms with Gasteiger partial charge in [0.25, 0.3) is 0 Å². The summed E-state index contributed by atoms with van der Waals surface area (Å²) in [6, 6.07) is 7.97. The maximum absolute atomic E-state index is 12.1. The smallest absolute Gasteiger partial charge is 0.347 e. The Morgan fingerprint density at radius 2 is 1.61 bits per heavy atom. The number of ether oxygens (including phenoxy) is 2. The zero-order valence-corrected chi connectivity index (χ0v) is 15.0. The molecule has 0 bridgehead atoms. The van der Waals surface area contributed by atoms with Crippen molar-refractivity contribution in [1.82, 2.24) is 0 Å². The number of esters is 2. The van der Waals surface area contributed by atoms with E-state index in [4.69, 9.17) is 9.47 Å². The minimum Gasteiger partial charge on any atom is -0.504 e. The summed E-state index contributed by atoms with van der Waals surface area (Å²) in [5.74, 6) is -2.88. The summed E-state index contributed by atoms with van der Waals surface area (Å²) >= 11 is 0. The number of carbonyl (C=O) groups excluding carboxylic acids is 2. The van der Waals surface area contributed by atoms with Crippen LogP contribution in [0.5, 0.6) is 23.0 Å². The highest BCUT2D eigenvalue weighted by molar-refractivity contribution is 5.89. The van der Waals surface area contributed by atoms with Crippen LogP contribution < -0.4 is 0 Å². The van der Waals surface area contributed by atoms with Crippen molar-refractivity contribution in [2.75, 3.05) is 6.61 Å². The summed E-state index contributed by atoms with van der Waals surface area (Å²) in [5.41, 5.74) is 0.886. The third kappa shape index (κ3) is 5.66. The van der Waals surface area contributed by atoms with Crippen LogP contribution in [-0.4, -0.2) is 45.1 Å². The molecule has 0 amide bonds. The molecule has 0 aliphatic heterocycles. The molecule has 0 fully saturated rings. The Balaban J connectivity index is 2.11. The van der Waals surface area contributed by atoms with Crippen LogP contribution in [-0.2, 0) is 25.5 Å². The lowest BCUT2D eigenvalue weighted by Crippen LogP contribution is -2.30. The van der Waals surface area contributed by atoms with Gasteiger partial charge in [-0.3, -0.25) is 0 Å². The van der Waals surface area contributed by atoms with E-state index in [9.17, 15) is 30.0 Å². The normalized spacial score (nSPS) is 11.9. The van der Waals surface area contributed by atoms with E-state index in [1.807, 2.05) is 0 Å². The Labute approximate surface area is 160 Å². The molecule has 2 aromatic rings. The van der Waals surface area contributed by atoms with Crippen molar-refractivity contribution >= 4 is 18.0 Å². The molecule has 0 saturated carbocycles. The first kappa shape index (κ1) is 20.6. The molecule has 8 nitrogen and oxygen atoms in total. The monoisotopic (exact) mass is 388 g/mol. The Bertz CT molecular complexity index is 888. The molecule has 2 rings (SSSR count). The molecule has 0 spiro atoms. The fourth-order valence-electron chi connectivity index (χ4n) is 2.31. The number of carbonyl (C=O) groups is 2. The molecule has 1 atom stereocenters. The number of rotatable bonds is 7. The maximum Gasteiger partial charge on any atom is 0.347 e. The third-order valence-electron chi connectivity index (χ3n) is 3.68. The van der Waals surface area contributed by atoms with Gasteiger partial charge >= 0.3 is 11.9 Å². The number of benzene rings is 2. The van der Waals surface area contributed by atoms with Crippen molar-refractivity contribution in [1.29, 1.82) is 0 Å². The van der Waals surface area contributed by atoms with Crippen molar-refractivity contribution in [2.24, 2.45) is 0 Å². The quantitative estimate of drug-likeness (QED) is 0.322. The first-order valence-corrected chi connectivity index (χ1v) is 8.38. The van der Waals surface area contributed by atoms with Crippen LogP contribution in [0.2, 0.25) is 0 Å². The average molecular weight is 388 g/mol. The Morgan fingerprint density at radius 3 is 2.21 bits per heavy atom. The van der Waals surface area contributed by atoms with Gasteiger partial charge in [-0.15, -0.1) is 0 Å². The van der Waals surface area contributed by atoms with E-state index in [-0.39, 0.29) is 36.0 Å². The van der Waals surface area contributed by atoms with E-state index in [0.29, 0.717) is 11.1 Å². The van der Waals surface area contributed by atoms with Gasteiger partial charge in [-0.1, -0.05) is 12.1 Å². The second-order valence-corrected chi connectivity index (χ2v) is 5.79. The van der Waals surface area contributed by atoms with Crippen molar-refractivity contribution in [3.63, 3.8) is 0 Å². The molecule has 8 heteroatoms. The number of hydrogen-bond donors (Lipinski definition) is 4. The molecule has 0 saturated heterocycles. The standard InChI is InChI=1S/C20H20O8/c1-2-27-20(26)18(11-13-4-7-15(22)17(24)10-13)28-19(25)8-5-12-3-6-14(21)16(23)9-12/h3-10,18,21-24H,2,11H2,1H3/b8-5+. The van der Waals surface area contributed by atoms with Crippen molar-refractivity contribution < 1.29 is 39.5 Å². The van der Waals surface area contributed by atoms with Crippen LogP contribution in [0.4, 0.5) is 0 Å². The van der Waals surface area contributed by atoms with Crippen molar-refractivity contribution in [3.05, 3.63) is 53.6 Å². The van der Waals surface area contributed by atoms with Crippen LogP contribution >= 0.6 is 0 Å². The molecule has 28 heavy (non-hydrogen) atoms. The van der Waals surface area contributed by atoms with Crippen molar-refractivity contribution in [3.8, 4) is 23.0 Å². The van der Waals surface area contributed by atoms with E-state index in [1.165, 1.54) is 42.5 Å². The second-order valence-electron chi connectivity index (χ2n) is 5.79. The van der Waals surface area contributed by atoms with E-state index in [1.54, 1.807) is 6.92 Å². The van der Waals surface area contributed by atoms with Gasteiger partial charge in [0.15, 0.2) is 23.0 Å². The Hall–Kier alpha value is -3.68. The number of hydrogen-bond acceptors (Lipinski definition) is 8. The lowest BCUT2D eigenvalue weighted by atomic mass is 10.1. The molecule has 2 aromatic carbocycles. The molecule has 4 N–H and O–H groups in total. The molecule has 0 radical (unpaired) electrons. The van der Waals surface area contributed by atoms with Gasteiger partial charge in [-0.25, -0.2) is 9.59 Å². The van der Waals surface area contributed by atoms with Gasteiger partial charge in [0.2, 0.25) is 6.10 Å². The van der Waals surface area contributed by atoms with Gasteiger partial charge in [-0.2, -0.15) is 0 Å². The SMILES string of the molecule is CCOC(=O)C(Cc1ccc(O)c(O)c1)OC(=O)/C=C/c1ccc(O)c(O)c1. The van der Waals surface area contributed by atoms with Crippen LogP contribution in [0.25, 0.3) is 6.08 Å². The second kappa shape index (κ2) is 9.31. The largest absolute Gasteiger partial charge is 0.504 e. The summed E-state index contributed by atoms with van der Waals surface area (Å²) in [4.78, 5) is 24.2. The minimum atomic E-state index is -1.26. The minimum absolute atomic E-state index is 0.0632. The summed E-state index contributed by atoms with van der Waals surface area (Å²) in [6.45, 7) is 1.71. The van der Waals surface area contributed by atoms with Crippen LogP contribution in [0.3, 0.4) is 0 Å². The summed E-state index contributed by atoms with van der Waals surface area (Å²) in [5, 5.41) is 37.7. The highest BCUT2D eigenvalue weighted by Gasteiger charge is 2.24. The molecule has 148 valence electrons. The summed E-state index contributed by atoms with van der Waals surface area (Å²) in [7, 11) is 0. The predicted octanol–water partition coefficient (Wildman–Crippen LogP) is 2.24. The Morgan fingerprint density at radius 1 is 0.964 bits per heavy atom. The van der Waals surface area contributed by atoms with Gasteiger partial charge < -0.3 is 29.9 Å². The zero-order chi connectivity index (χ0) is 20.7. The third-order valence-corrected chi connectivity index (χ3v) is 3.68. The molecule has 0 aliphatic carbocycles. The highest BCUT2D eigenvalue weighted by atomic mass is 16.6. The molecular weight excluding hydrogens is 368 g/mol. The molecule has 0 heterocycles. The fourth-order valence-corrected chi connectivity index (χ4v) is 2.31. The van der Waals surface area contributed by atoms with E-state index >= 15 is 0 Å². The van der Waals surface area contributed by atoms with Gasteiger partial charge in [0.05, 0.1) is 6.61 Å². The molecular formula is C20H20O8. The van der Waals surface area contributed by atoms with Crippen LogP contribution in [0.15, 0.2) is 42.5 Å². The van der Waals surface area contributed by atoms with Crippen molar-refractivity contribution in [2.45, 2.75) is 19.4 Å². The summed E-state index contributed by atoms with van der Waals surface area (Å²) < 4.78 is 10.1. The Kier molecular flexibility index (Phi) is 6.86. The topological polar surface area (TPSA) is 134 Å². The molecule has 0 aliphatic rings. The lowest BCUT2D eigenvalue weighted by molar-refractivity contribution is -0.164. The number of phenols is 4. The predicted molar refractivity (Wildman–Crippen MR) is 98.8 cm³/mol. The average Bonchev–Trinajstić information content (AvgIpc) is 2.65. The highest BCUT2D eigenvalue weighted by Crippen LogP contribution is 2.26. The fraction of sp³-hybridized carbons (Fsp3) is 0.200. The van der Waals surface area contributed by atoms with Gasteiger partial charge in [0, 0.05) is 12.5 Å². The first-order chi connectivity index (χ1) is 13.3. The zero-order valence-electron chi connectivity index (χ0n) is 15.0. The van der Waals surface area contributed by atoms with Gasteiger partial charge in [0.1, 0.15) is 0 Å². The maximum atomic E-state index is 12.1. The number of aromatic hydroxyl groups is 4. The lowest BCUT2D eigenvalue weighted by Gasteiger charge is -2.16. The van der Waals surface area contributed by atoms with E-state index < -0.39 is 18.0 Å². The first-order valence-electron chi connectivity index (χ1n) is 8.38. The van der Waals surface area contributed by atoms with Crippen LogP contribution in [0.1, 0.15) is 18.1 Å². The molecule has 1 unspecified atom stereocenters.